The van der Waals surface area contributed by atoms with Crippen molar-refractivity contribution in [3.8, 4) is 17.2 Å². The minimum atomic E-state index is -0.507. The average molecular weight is 333 g/mol. The molecular formula is C17H19NO6. The van der Waals surface area contributed by atoms with Crippen molar-refractivity contribution in [2.75, 3.05) is 34.0 Å². The van der Waals surface area contributed by atoms with E-state index < -0.39 is 5.97 Å². The van der Waals surface area contributed by atoms with Crippen LogP contribution in [0.3, 0.4) is 0 Å². The van der Waals surface area contributed by atoms with E-state index in [0.717, 1.165) is 0 Å². The van der Waals surface area contributed by atoms with Gasteiger partial charge in [0.1, 0.15) is 17.9 Å². The smallest absolute Gasteiger partial charge is 0.343 e. The molecule has 0 radical (unpaired) electrons. The first-order chi connectivity index (χ1) is 11.7. The lowest BCUT2D eigenvalue weighted by Crippen LogP contribution is -2.33. The molecule has 0 saturated heterocycles. The Hall–Kier alpha value is -2.54. The largest absolute Gasteiger partial charge is 0.495 e. The van der Waals surface area contributed by atoms with Crippen molar-refractivity contribution in [3.05, 3.63) is 23.9 Å². The lowest BCUT2D eigenvalue weighted by Gasteiger charge is -2.26. The Bertz CT molecular complexity index is 760. The average Bonchev–Trinajstić information content (AvgIpc) is 2.62. The van der Waals surface area contributed by atoms with Crippen molar-refractivity contribution < 1.29 is 28.5 Å². The van der Waals surface area contributed by atoms with E-state index in [-0.39, 0.29) is 11.7 Å². The normalized spacial score (nSPS) is 16.0. The summed E-state index contributed by atoms with van der Waals surface area (Å²) in [7, 11) is 2.81. The molecule has 1 atom stereocenters. The first-order valence-corrected chi connectivity index (χ1v) is 7.64. The molecule has 2 aromatic rings. The molecule has 2 heterocycles. The van der Waals surface area contributed by atoms with Gasteiger partial charge in [-0.2, -0.15) is 0 Å². The zero-order valence-corrected chi connectivity index (χ0v) is 13.8. The molecule has 0 spiro atoms. The summed E-state index contributed by atoms with van der Waals surface area (Å²) < 4.78 is 27.2. The molecule has 7 heteroatoms. The molecule has 1 aliphatic heterocycles. The van der Waals surface area contributed by atoms with Gasteiger partial charge in [-0.3, -0.25) is 4.98 Å². The number of hydrogen-bond donors (Lipinski definition) is 0. The second kappa shape index (κ2) is 6.92. The van der Waals surface area contributed by atoms with Gasteiger partial charge in [-0.15, -0.1) is 0 Å². The predicted octanol–water partition coefficient (Wildman–Crippen LogP) is 2.21. The number of fused-ring (bicyclic) bond motifs is 2. The molecule has 1 aromatic heterocycles. The van der Waals surface area contributed by atoms with Crippen LogP contribution in [0, 0.1) is 0 Å². The van der Waals surface area contributed by atoms with Gasteiger partial charge in [-0.05, 0) is 13.0 Å². The van der Waals surface area contributed by atoms with Crippen LogP contribution in [0.15, 0.2) is 18.3 Å². The van der Waals surface area contributed by atoms with Crippen LogP contribution < -0.4 is 14.2 Å². The molecule has 3 rings (SSSR count). The molecule has 0 saturated carbocycles. The molecule has 1 unspecified atom stereocenters. The number of carbonyl (C=O) groups excluding carboxylic acids is 1. The lowest BCUT2D eigenvalue weighted by molar-refractivity contribution is 0.0129. The number of ether oxygens (including phenoxy) is 5. The van der Waals surface area contributed by atoms with E-state index in [4.69, 9.17) is 23.7 Å². The Balaban J connectivity index is 2.01. The van der Waals surface area contributed by atoms with Crippen molar-refractivity contribution in [1.29, 1.82) is 0 Å². The quantitative estimate of drug-likeness (QED) is 0.776. The number of aromatic nitrogens is 1. The highest BCUT2D eigenvalue weighted by atomic mass is 16.6. The maximum absolute atomic E-state index is 11.9. The molecule has 1 aliphatic rings. The highest BCUT2D eigenvalue weighted by molar-refractivity contribution is 6.00. The van der Waals surface area contributed by atoms with Crippen LogP contribution in [0.1, 0.15) is 17.3 Å². The van der Waals surface area contributed by atoms with Gasteiger partial charge >= 0.3 is 5.97 Å². The summed E-state index contributed by atoms with van der Waals surface area (Å²) in [6.07, 6.45) is 1.27. The monoisotopic (exact) mass is 333 g/mol. The standard InChI is InChI=1S/C17H19NO6/c1-4-22-8-10-9-23-14-5-11-13(6-15(14)24-10)18-7-12(16(11)20-2)17(19)21-3/h5-7,10H,4,8-9H2,1-3H3. The Kier molecular flexibility index (Phi) is 4.71. The Morgan fingerprint density at radius 3 is 2.88 bits per heavy atom. The van der Waals surface area contributed by atoms with Gasteiger partial charge < -0.3 is 23.7 Å². The van der Waals surface area contributed by atoms with E-state index >= 15 is 0 Å². The van der Waals surface area contributed by atoms with Gasteiger partial charge in [-0.25, -0.2) is 4.79 Å². The first-order valence-electron chi connectivity index (χ1n) is 7.64. The van der Waals surface area contributed by atoms with Crippen molar-refractivity contribution in [3.63, 3.8) is 0 Å². The summed E-state index contributed by atoms with van der Waals surface area (Å²) in [5.41, 5.74) is 0.900. The Morgan fingerprint density at radius 2 is 2.17 bits per heavy atom. The van der Waals surface area contributed by atoms with Crippen molar-refractivity contribution >= 4 is 16.9 Å². The first kappa shape index (κ1) is 16.3. The molecule has 0 N–H and O–H groups in total. The van der Waals surface area contributed by atoms with Crippen LogP contribution in [0.5, 0.6) is 17.2 Å². The third-order valence-electron chi connectivity index (χ3n) is 3.72. The summed E-state index contributed by atoms with van der Waals surface area (Å²) >= 11 is 0. The van der Waals surface area contributed by atoms with E-state index in [1.54, 1.807) is 12.1 Å². The summed E-state index contributed by atoms with van der Waals surface area (Å²) in [4.78, 5) is 16.2. The van der Waals surface area contributed by atoms with E-state index in [0.29, 0.717) is 48.0 Å². The number of rotatable bonds is 5. The minimum absolute atomic E-state index is 0.161. The van der Waals surface area contributed by atoms with Gasteiger partial charge in [0, 0.05) is 24.3 Å². The van der Waals surface area contributed by atoms with Gasteiger partial charge in [0.2, 0.25) is 0 Å². The summed E-state index contributed by atoms with van der Waals surface area (Å²) in [5, 5.41) is 0.658. The summed E-state index contributed by atoms with van der Waals surface area (Å²) in [5.74, 6) is 1.07. The third kappa shape index (κ3) is 2.94. The Morgan fingerprint density at radius 1 is 1.33 bits per heavy atom. The van der Waals surface area contributed by atoms with Crippen LogP contribution >= 0.6 is 0 Å². The topological polar surface area (TPSA) is 76.1 Å². The van der Waals surface area contributed by atoms with Crippen LogP contribution in [0.25, 0.3) is 10.9 Å². The van der Waals surface area contributed by atoms with Gasteiger partial charge in [0.25, 0.3) is 0 Å². The van der Waals surface area contributed by atoms with E-state index in [9.17, 15) is 4.79 Å². The van der Waals surface area contributed by atoms with Gasteiger partial charge in [-0.1, -0.05) is 0 Å². The van der Waals surface area contributed by atoms with Crippen LogP contribution in [0.4, 0.5) is 0 Å². The van der Waals surface area contributed by atoms with Gasteiger partial charge in [0.05, 0.1) is 26.3 Å². The molecule has 128 valence electrons. The maximum atomic E-state index is 11.9. The number of pyridine rings is 1. The highest BCUT2D eigenvalue weighted by Gasteiger charge is 2.24. The fourth-order valence-corrected chi connectivity index (χ4v) is 2.58. The van der Waals surface area contributed by atoms with Crippen molar-refractivity contribution in [2.24, 2.45) is 0 Å². The fraction of sp³-hybridized carbons (Fsp3) is 0.412. The SMILES string of the molecule is CCOCC1COc2cc3c(OC)c(C(=O)OC)cnc3cc2O1. The van der Waals surface area contributed by atoms with E-state index in [1.165, 1.54) is 20.4 Å². The molecule has 0 bridgehead atoms. The molecular weight excluding hydrogens is 314 g/mol. The molecule has 1 aromatic carbocycles. The number of benzene rings is 1. The van der Waals surface area contributed by atoms with Crippen LogP contribution in [-0.4, -0.2) is 51.1 Å². The molecule has 0 aliphatic carbocycles. The van der Waals surface area contributed by atoms with Crippen LogP contribution in [-0.2, 0) is 9.47 Å². The molecule has 0 amide bonds. The maximum Gasteiger partial charge on any atom is 0.343 e. The highest BCUT2D eigenvalue weighted by Crippen LogP contribution is 2.39. The molecule has 24 heavy (non-hydrogen) atoms. The fourth-order valence-electron chi connectivity index (χ4n) is 2.58. The van der Waals surface area contributed by atoms with Crippen molar-refractivity contribution in [1.82, 2.24) is 4.98 Å². The molecule has 0 fully saturated rings. The predicted molar refractivity (Wildman–Crippen MR) is 86.0 cm³/mol. The number of hydrogen-bond acceptors (Lipinski definition) is 7. The number of esters is 1. The number of nitrogens with zero attached hydrogens (tertiary/aromatic N) is 1. The lowest BCUT2D eigenvalue weighted by atomic mass is 10.1. The second-order valence-corrected chi connectivity index (χ2v) is 5.22. The van der Waals surface area contributed by atoms with E-state index in [1.807, 2.05) is 6.92 Å². The Labute approximate surface area is 139 Å². The number of carbonyl (C=O) groups is 1. The van der Waals surface area contributed by atoms with Crippen molar-refractivity contribution in [2.45, 2.75) is 13.0 Å². The van der Waals surface area contributed by atoms with Crippen LogP contribution in [0.2, 0.25) is 0 Å². The summed E-state index contributed by atoms with van der Waals surface area (Å²) in [6.45, 7) is 3.41. The zero-order chi connectivity index (χ0) is 17.1. The third-order valence-corrected chi connectivity index (χ3v) is 3.72. The second-order valence-electron chi connectivity index (χ2n) is 5.22. The summed E-state index contributed by atoms with van der Waals surface area (Å²) in [6, 6.07) is 3.53. The number of methoxy groups -OCH3 is 2. The minimum Gasteiger partial charge on any atom is -0.495 e. The molecule has 7 nitrogen and oxygen atoms in total. The van der Waals surface area contributed by atoms with E-state index in [2.05, 4.69) is 4.98 Å². The van der Waals surface area contributed by atoms with Gasteiger partial charge in [0.15, 0.2) is 17.6 Å². The zero-order valence-electron chi connectivity index (χ0n) is 13.8.